The third-order valence-corrected chi connectivity index (χ3v) is 2.78. The molecule has 0 atom stereocenters. The van der Waals surface area contributed by atoms with Crippen molar-refractivity contribution in [2.75, 3.05) is 13.2 Å². The molecule has 0 amide bonds. The van der Waals surface area contributed by atoms with Gasteiger partial charge >= 0.3 is 0 Å². The molecule has 1 rings (SSSR count). The molecule has 0 saturated carbocycles. The third kappa shape index (κ3) is 5.92. The molecule has 2 N–H and O–H groups in total. The molecule has 0 aliphatic heterocycles. The molecule has 1 aromatic rings. The quantitative estimate of drug-likeness (QED) is 0.748. The molecule has 0 heterocycles. The van der Waals surface area contributed by atoms with Crippen LogP contribution in [0.3, 0.4) is 0 Å². The van der Waals surface area contributed by atoms with E-state index in [2.05, 4.69) is 45.5 Å². The van der Waals surface area contributed by atoms with Gasteiger partial charge in [-0.1, -0.05) is 28.1 Å². The number of hydrogen-bond acceptors (Lipinski definition) is 2. The lowest BCUT2D eigenvalue weighted by Gasteiger charge is -2.04. The fourth-order valence-electron chi connectivity index (χ4n) is 1.37. The fourth-order valence-corrected chi connectivity index (χ4v) is 1.64. The van der Waals surface area contributed by atoms with Crippen molar-refractivity contribution in [3.63, 3.8) is 0 Å². The predicted octanol–water partition coefficient (Wildman–Crippen LogP) is 2.70. The van der Waals surface area contributed by atoms with Gasteiger partial charge in [0.25, 0.3) is 0 Å². The first-order valence-corrected chi connectivity index (χ1v) is 6.18. The van der Waals surface area contributed by atoms with Crippen LogP contribution in [-0.4, -0.2) is 18.3 Å². The summed E-state index contributed by atoms with van der Waals surface area (Å²) < 4.78 is 1.12. The van der Waals surface area contributed by atoms with Crippen molar-refractivity contribution in [2.24, 2.45) is 0 Å². The summed E-state index contributed by atoms with van der Waals surface area (Å²) in [6.45, 7) is 2.26. The molecule has 2 nitrogen and oxygen atoms in total. The molecule has 15 heavy (non-hydrogen) atoms. The van der Waals surface area contributed by atoms with E-state index in [0.717, 1.165) is 36.8 Å². The molecule has 0 aliphatic rings. The van der Waals surface area contributed by atoms with Crippen molar-refractivity contribution in [2.45, 2.75) is 25.8 Å². The van der Waals surface area contributed by atoms with E-state index in [1.54, 1.807) is 0 Å². The minimum atomic E-state index is 0.312. The Balaban J connectivity index is 2.07. The second kappa shape index (κ2) is 7.85. The van der Waals surface area contributed by atoms with Gasteiger partial charge in [0, 0.05) is 17.6 Å². The van der Waals surface area contributed by atoms with Gasteiger partial charge in [0.15, 0.2) is 0 Å². The lowest BCUT2D eigenvalue weighted by Crippen LogP contribution is -2.14. The van der Waals surface area contributed by atoms with E-state index in [9.17, 15) is 0 Å². The first-order chi connectivity index (χ1) is 7.33. The Bertz CT molecular complexity index is 261. The van der Waals surface area contributed by atoms with Gasteiger partial charge in [-0.2, -0.15) is 0 Å². The topological polar surface area (TPSA) is 32.3 Å². The van der Waals surface area contributed by atoms with Crippen LogP contribution in [0.1, 0.15) is 24.8 Å². The number of benzene rings is 1. The van der Waals surface area contributed by atoms with E-state index in [1.165, 1.54) is 5.56 Å². The molecule has 0 aliphatic carbocycles. The number of rotatable bonds is 7. The van der Waals surface area contributed by atoms with Crippen molar-refractivity contribution in [3.05, 3.63) is 34.3 Å². The number of aliphatic hydroxyl groups excluding tert-OH is 1. The van der Waals surface area contributed by atoms with Crippen LogP contribution in [0, 0.1) is 0 Å². The van der Waals surface area contributed by atoms with Gasteiger partial charge in [0.1, 0.15) is 0 Å². The Labute approximate surface area is 99.8 Å². The average Bonchev–Trinajstić information content (AvgIpc) is 2.26. The van der Waals surface area contributed by atoms with Crippen molar-refractivity contribution >= 4 is 15.9 Å². The summed E-state index contributed by atoms with van der Waals surface area (Å²) in [5.41, 5.74) is 1.31. The third-order valence-electron chi connectivity index (χ3n) is 2.25. The normalized spacial score (nSPS) is 10.5. The van der Waals surface area contributed by atoms with E-state index < -0.39 is 0 Å². The Kier molecular flexibility index (Phi) is 6.64. The highest BCUT2D eigenvalue weighted by molar-refractivity contribution is 9.10. The number of halogens is 1. The predicted molar refractivity (Wildman–Crippen MR) is 66.8 cm³/mol. The highest BCUT2D eigenvalue weighted by Gasteiger charge is 1.92. The van der Waals surface area contributed by atoms with Gasteiger partial charge in [-0.25, -0.2) is 0 Å². The lowest BCUT2D eigenvalue weighted by molar-refractivity contribution is 0.283. The van der Waals surface area contributed by atoms with Gasteiger partial charge in [-0.05, 0) is 43.5 Å². The summed E-state index contributed by atoms with van der Waals surface area (Å²) in [7, 11) is 0. The monoisotopic (exact) mass is 271 g/mol. The van der Waals surface area contributed by atoms with E-state index in [0.29, 0.717) is 6.61 Å². The largest absolute Gasteiger partial charge is 0.396 e. The van der Waals surface area contributed by atoms with Crippen LogP contribution >= 0.6 is 15.9 Å². The van der Waals surface area contributed by atoms with E-state index >= 15 is 0 Å². The van der Waals surface area contributed by atoms with Crippen molar-refractivity contribution in [1.29, 1.82) is 0 Å². The highest BCUT2D eigenvalue weighted by Crippen LogP contribution is 2.10. The summed E-state index contributed by atoms with van der Waals surface area (Å²) in [5.74, 6) is 0. The van der Waals surface area contributed by atoms with Crippen LogP contribution in [0.15, 0.2) is 28.7 Å². The second-order valence-corrected chi connectivity index (χ2v) is 4.50. The van der Waals surface area contributed by atoms with E-state index in [-0.39, 0.29) is 0 Å². The number of hydrogen-bond donors (Lipinski definition) is 2. The Morgan fingerprint density at radius 3 is 2.47 bits per heavy atom. The summed E-state index contributed by atoms with van der Waals surface area (Å²) in [6, 6.07) is 8.35. The number of aliphatic hydroxyl groups is 1. The average molecular weight is 272 g/mol. The smallest absolute Gasteiger partial charge is 0.0431 e. The van der Waals surface area contributed by atoms with Gasteiger partial charge in [-0.3, -0.25) is 0 Å². The van der Waals surface area contributed by atoms with Crippen LogP contribution in [0.4, 0.5) is 0 Å². The summed E-state index contributed by atoms with van der Waals surface area (Å²) in [6.07, 6.45) is 3.15. The molecule has 3 heteroatoms. The zero-order valence-electron chi connectivity index (χ0n) is 8.88. The molecule has 0 radical (unpaired) electrons. The number of nitrogens with one attached hydrogen (secondary N) is 1. The Morgan fingerprint density at radius 1 is 1.07 bits per heavy atom. The van der Waals surface area contributed by atoms with E-state index in [1.807, 2.05) is 0 Å². The SMILES string of the molecule is OCCCCCNCc1ccc(Br)cc1. The maximum atomic E-state index is 8.60. The van der Waals surface area contributed by atoms with Crippen molar-refractivity contribution < 1.29 is 5.11 Å². The van der Waals surface area contributed by atoms with Gasteiger partial charge in [-0.15, -0.1) is 0 Å². The first-order valence-electron chi connectivity index (χ1n) is 5.39. The molecular formula is C12H18BrNO. The molecule has 0 bridgehead atoms. The van der Waals surface area contributed by atoms with Gasteiger partial charge in [0.05, 0.1) is 0 Å². The Morgan fingerprint density at radius 2 is 1.80 bits per heavy atom. The summed E-state index contributed by atoms with van der Waals surface area (Å²) in [4.78, 5) is 0. The zero-order chi connectivity index (χ0) is 10.9. The second-order valence-electron chi connectivity index (χ2n) is 3.59. The van der Waals surface area contributed by atoms with Gasteiger partial charge in [0.2, 0.25) is 0 Å². The standard InChI is InChI=1S/C12H18BrNO/c13-12-6-4-11(5-7-12)10-14-8-2-1-3-9-15/h4-7,14-15H,1-3,8-10H2. The Hall–Kier alpha value is -0.380. The minimum absolute atomic E-state index is 0.312. The summed E-state index contributed by atoms with van der Waals surface area (Å²) >= 11 is 3.41. The molecule has 0 spiro atoms. The number of unbranched alkanes of at least 4 members (excludes halogenated alkanes) is 2. The van der Waals surface area contributed by atoms with Crippen LogP contribution in [0.2, 0.25) is 0 Å². The molecule has 0 unspecified atom stereocenters. The first kappa shape index (κ1) is 12.7. The maximum absolute atomic E-state index is 8.60. The lowest BCUT2D eigenvalue weighted by atomic mass is 10.2. The molecule has 0 saturated heterocycles. The maximum Gasteiger partial charge on any atom is 0.0431 e. The van der Waals surface area contributed by atoms with Gasteiger partial charge < -0.3 is 10.4 Å². The van der Waals surface area contributed by atoms with Crippen molar-refractivity contribution in [1.82, 2.24) is 5.32 Å². The van der Waals surface area contributed by atoms with Crippen LogP contribution in [0.5, 0.6) is 0 Å². The van der Waals surface area contributed by atoms with Crippen LogP contribution < -0.4 is 5.32 Å². The van der Waals surface area contributed by atoms with Crippen LogP contribution in [-0.2, 0) is 6.54 Å². The molecule has 0 aromatic heterocycles. The minimum Gasteiger partial charge on any atom is -0.396 e. The molecule has 0 fully saturated rings. The van der Waals surface area contributed by atoms with E-state index in [4.69, 9.17) is 5.11 Å². The highest BCUT2D eigenvalue weighted by atomic mass is 79.9. The fraction of sp³-hybridized carbons (Fsp3) is 0.500. The van der Waals surface area contributed by atoms with Crippen LogP contribution in [0.25, 0.3) is 0 Å². The van der Waals surface area contributed by atoms with Crippen molar-refractivity contribution in [3.8, 4) is 0 Å². The molecular weight excluding hydrogens is 254 g/mol. The molecule has 1 aromatic carbocycles. The summed E-state index contributed by atoms with van der Waals surface area (Å²) in [5, 5.41) is 12.0. The molecule has 84 valence electrons. The zero-order valence-corrected chi connectivity index (χ0v) is 10.5.